The van der Waals surface area contributed by atoms with Gasteiger partial charge in [0.1, 0.15) is 5.54 Å². The number of urea groups is 1. The van der Waals surface area contributed by atoms with E-state index in [2.05, 4.69) is 21.2 Å². The van der Waals surface area contributed by atoms with Gasteiger partial charge < -0.3 is 5.32 Å². The summed E-state index contributed by atoms with van der Waals surface area (Å²) in [6, 6.07) is 16.5. The van der Waals surface area contributed by atoms with Gasteiger partial charge >= 0.3 is 6.03 Å². The first kappa shape index (κ1) is 14.8. The monoisotopic (exact) mass is 358 g/mol. The zero-order chi connectivity index (χ0) is 15.7. The van der Waals surface area contributed by atoms with Crippen molar-refractivity contribution in [2.24, 2.45) is 0 Å². The molecule has 2 aromatic carbocycles. The molecule has 0 radical (unpaired) electrons. The van der Waals surface area contributed by atoms with Crippen LogP contribution in [-0.4, -0.2) is 16.8 Å². The van der Waals surface area contributed by atoms with Gasteiger partial charge in [0.2, 0.25) is 0 Å². The van der Waals surface area contributed by atoms with Crippen LogP contribution in [0.4, 0.5) is 4.79 Å². The van der Waals surface area contributed by atoms with E-state index in [1.165, 1.54) is 4.90 Å². The summed E-state index contributed by atoms with van der Waals surface area (Å²) in [5.41, 5.74) is 0.671. The van der Waals surface area contributed by atoms with Crippen molar-refractivity contribution in [2.75, 3.05) is 0 Å². The lowest BCUT2D eigenvalue weighted by atomic mass is 9.92. The molecule has 0 aromatic heterocycles. The number of benzene rings is 2. The van der Waals surface area contributed by atoms with Crippen molar-refractivity contribution in [3.05, 3.63) is 70.2 Å². The summed E-state index contributed by atoms with van der Waals surface area (Å²) in [6.07, 6.45) is 0. The Morgan fingerprint density at radius 3 is 2.50 bits per heavy atom. The summed E-state index contributed by atoms with van der Waals surface area (Å²) in [5.74, 6) is -0.233. The van der Waals surface area contributed by atoms with E-state index in [0.29, 0.717) is 0 Å². The summed E-state index contributed by atoms with van der Waals surface area (Å²) in [5, 5.41) is 2.81. The fourth-order valence-electron chi connectivity index (χ4n) is 2.63. The second kappa shape index (κ2) is 5.57. The average Bonchev–Trinajstić information content (AvgIpc) is 2.73. The van der Waals surface area contributed by atoms with E-state index in [0.717, 1.165) is 15.6 Å². The SMILES string of the molecule is CC1(c2ccccc2)NC(=O)N(Cc2cccc(Br)c2)C1=O. The molecule has 22 heavy (non-hydrogen) atoms. The Kier molecular flexibility index (Phi) is 3.74. The van der Waals surface area contributed by atoms with Crippen LogP contribution in [0.25, 0.3) is 0 Å². The van der Waals surface area contributed by atoms with Crippen LogP contribution < -0.4 is 5.32 Å². The average molecular weight is 359 g/mol. The first-order chi connectivity index (χ1) is 10.5. The number of nitrogens with zero attached hydrogens (tertiary/aromatic N) is 1. The number of halogens is 1. The summed E-state index contributed by atoms with van der Waals surface area (Å²) in [4.78, 5) is 26.3. The molecule has 1 atom stereocenters. The molecule has 1 aliphatic heterocycles. The van der Waals surface area contributed by atoms with Gasteiger partial charge in [-0.15, -0.1) is 0 Å². The van der Waals surface area contributed by atoms with Gasteiger partial charge in [0.05, 0.1) is 6.54 Å². The van der Waals surface area contributed by atoms with Crippen molar-refractivity contribution in [1.82, 2.24) is 10.2 Å². The van der Waals surface area contributed by atoms with Gasteiger partial charge in [-0.05, 0) is 30.2 Å². The lowest BCUT2D eigenvalue weighted by molar-refractivity contribution is -0.131. The van der Waals surface area contributed by atoms with Crippen LogP contribution >= 0.6 is 15.9 Å². The first-order valence-electron chi connectivity index (χ1n) is 6.95. The second-order valence-electron chi connectivity index (χ2n) is 5.44. The van der Waals surface area contributed by atoms with E-state index in [-0.39, 0.29) is 18.5 Å². The Bertz CT molecular complexity index is 732. The summed E-state index contributed by atoms with van der Waals surface area (Å²) in [7, 11) is 0. The quantitative estimate of drug-likeness (QED) is 0.854. The predicted octanol–water partition coefficient (Wildman–Crippen LogP) is 3.42. The topological polar surface area (TPSA) is 49.4 Å². The first-order valence-corrected chi connectivity index (χ1v) is 7.74. The molecule has 1 fully saturated rings. The molecule has 0 saturated carbocycles. The molecule has 3 amide bonds. The third-order valence-corrected chi connectivity index (χ3v) is 4.35. The fraction of sp³-hybridized carbons (Fsp3) is 0.176. The van der Waals surface area contributed by atoms with Crippen molar-refractivity contribution in [1.29, 1.82) is 0 Å². The van der Waals surface area contributed by atoms with Crippen molar-refractivity contribution in [3.63, 3.8) is 0 Å². The van der Waals surface area contributed by atoms with Crippen LogP contribution in [-0.2, 0) is 16.9 Å². The molecule has 1 unspecified atom stereocenters. The smallest absolute Gasteiger partial charge is 0.319 e. The molecule has 4 nitrogen and oxygen atoms in total. The number of hydrogen-bond donors (Lipinski definition) is 1. The zero-order valence-electron chi connectivity index (χ0n) is 12.0. The van der Waals surface area contributed by atoms with E-state index < -0.39 is 5.54 Å². The van der Waals surface area contributed by atoms with Crippen molar-refractivity contribution < 1.29 is 9.59 Å². The van der Waals surface area contributed by atoms with E-state index >= 15 is 0 Å². The standard InChI is InChI=1S/C17H15BrN2O2/c1-17(13-7-3-2-4-8-13)15(21)20(16(22)19-17)11-12-6-5-9-14(18)10-12/h2-10H,11H2,1H3,(H,19,22). The molecule has 2 aromatic rings. The number of amides is 3. The lowest BCUT2D eigenvalue weighted by Gasteiger charge is -2.22. The molecule has 1 aliphatic rings. The van der Waals surface area contributed by atoms with E-state index in [9.17, 15) is 9.59 Å². The normalized spacial score (nSPS) is 21.1. The van der Waals surface area contributed by atoms with Crippen LogP contribution in [0.1, 0.15) is 18.1 Å². The maximum absolute atomic E-state index is 12.8. The number of carbonyl (C=O) groups is 2. The van der Waals surface area contributed by atoms with Gasteiger partial charge in [-0.2, -0.15) is 0 Å². The molecular formula is C17H15BrN2O2. The number of hydrogen-bond acceptors (Lipinski definition) is 2. The van der Waals surface area contributed by atoms with Crippen LogP contribution in [0.5, 0.6) is 0 Å². The van der Waals surface area contributed by atoms with Crippen molar-refractivity contribution >= 4 is 27.9 Å². The highest BCUT2D eigenvalue weighted by Crippen LogP contribution is 2.29. The third kappa shape index (κ3) is 2.52. The van der Waals surface area contributed by atoms with Crippen molar-refractivity contribution in [2.45, 2.75) is 19.0 Å². The third-order valence-electron chi connectivity index (χ3n) is 3.86. The Morgan fingerprint density at radius 1 is 1.09 bits per heavy atom. The van der Waals surface area contributed by atoms with E-state index in [4.69, 9.17) is 0 Å². The lowest BCUT2D eigenvalue weighted by Crippen LogP contribution is -2.40. The second-order valence-corrected chi connectivity index (χ2v) is 6.36. The molecule has 0 aliphatic carbocycles. The van der Waals surface area contributed by atoms with Gasteiger partial charge in [0.15, 0.2) is 0 Å². The van der Waals surface area contributed by atoms with Gasteiger partial charge in [-0.1, -0.05) is 58.4 Å². The molecule has 112 valence electrons. The number of rotatable bonds is 3. The highest BCUT2D eigenvalue weighted by atomic mass is 79.9. The van der Waals surface area contributed by atoms with E-state index in [1.807, 2.05) is 54.6 Å². The highest BCUT2D eigenvalue weighted by molar-refractivity contribution is 9.10. The van der Waals surface area contributed by atoms with Crippen LogP contribution in [0.3, 0.4) is 0 Å². The van der Waals surface area contributed by atoms with E-state index in [1.54, 1.807) is 6.92 Å². The summed E-state index contributed by atoms with van der Waals surface area (Å²) in [6.45, 7) is 2.00. The minimum atomic E-state index is -1.01. The summed E-state index contributed by atoms with van der Waals surface area (Å²) < 4.78 is 0.919. The molecule has 1 saturated heterocycles. The van der Waals surface area contributed by atoms with Crippen LogP contribution in [0.2, 0.25) is 0 Å². The van der Waals surface area contributed by atoms with Gasteiger partial charge in [-0.25, -0.2) is 4.79 Å². The Labute approximate surface area is 137 Å². The predicted molar refractivity (Wildman–Crippen MR) is 87.0 cm³/mol. The molecule has 1 N–H and O–H groups in total. The van der Waals surface area contributed by atoms with Crippen LogP contribution in [0, 0.1) is 0 Å². The molecule has 0 spiro atoms. The van der Waals surface area contributed by atoms with Gasteiger partial charge in [0, 0.05) is 4.47 Å². The number of nitrogens with one attached hydrogen (secondary N) is 1. The molecular weight excluding hydrogens is 344 g/mol. The Balaban J connectivity index is 1.89. The van der Waals surface area contributed by atoms with Gasteiger partial charge in [-0.3, -0.25) is 9.69 Å². The minimum absolute atomic E-state index is 0.233. The highest BCUT2D eigenvalue weighted by Gasteiger charge is 2.48. The largest absolute Gasteiger partial charge is 0.325 e. The maximum Gasteiger partial charge on any atom is 0.325 e. The zero-order valence-corrected chi connectivity index (χ0v) is 13.6. The number of imide groups is 1. The fourth-order valence-corrected chi connectivity index (χ4v) is 3.07. The molecule has 1 heterocycles. The number of carbonyl (C=O) groups excluding carboxylic acids is 2. The van der Waals surface area contributed by atoms with Crippen molar-refractivity contribution in [3.8, 4) is 0 Å². The Morgan fingerprint density at radius 2 is 1.82 bits per heavy atom. The molecule has 0 bridgehead atoms. The minimum Gasteiger partial charge on any atom is -0.319 e. The molecule has 3 rings (SSSR count). The summed E-state index contributed by atoms with van der Waals surface area (Å²) >= 11 is 3.40. The van der Waals surface area contributed by atoms with Crippen LogP contribution in [0.15, 0.2) is 59.1 Å². The maximum atomic E-state index is 12.8. The molecule has 5 heteroatoms. The van der Waals surface area contributed by atoms with Gasteiger partial charge in [0.25, 0.3) is 5.91 Å². The Hall–Kier alpha value is -2.14.